The average molecular weight is 337 g/mol. The van der Waals surface area contributed by atoms with Gasteiger partial charge in [-0.1, -0.05) is 62.8 Å². The molecular formula is C19H25ClO3. The van der Waals surface area contributed by atoms with Crippen molar-refractivity contribution < 1.29 is 14.3 Å². The summed E-state index contributed by atoms with van der Waals surface area (Å²) in [6.07, 6.45) is 7.18. The molecule has 0 spiro atoms. The monoisotopic (exact) mass is 336 g/mol. The molecule has 126 valence electrons. The summed E-state index contributed by atoms with van der Waals surface area (Å²) in [6.45, 7) is 2.19. The third-order valence-corrected chi connectivity index (χ3v) is 4.65. The summed E-state index contributed by atoms with van der Waals surface area (Å²) >= 11 is 5.89. The fourth-order valence-corrected chi connectivity index (χ4v) is 3.18. The van der Waals surface area contributed by atoms with E-state index in [9.17, 15) is 9.59 Å². The van der Waals surface area contributed by atoms with Gasteiger partial charge in [0, 0.05) is 11.4 Å². The molecule has 2 atom stereocenters. The highest BCUT2D eigenvalue weighted by atomic mass is 35.5. The number of rotatable bonds is 9. The Morgan fingerprint density at radius 1 is 1.13 bits per heavy atom. The number of benzene rings is 1. The van der Waals surface area contributed by atoms with Crippen molar-refractivity contribution in [3.63, 3.8) is 0 Å². The van der Waals surface area contributed by atoms with Crippen LogP contribution >= 0.6 is 11.6 Å². The summed E-state index contributed by atoms with van der Waals surface area (Å²) in [7, 11) is 0. The first-order valence-electron chi connectivity index (χ1n) is 8.59. The van der Waals surface area contributed by atoms with E-state index in [0.717, 1.165) is 18.4 Å². The van der Waals surface area contributed by atoms with Gasteiger partial charge in [-0.3, -0.25) is 9.59 Å². The fraction of sp³-hybridized carbons (Fsp3) is 0.579. The van der Waals surface area contributed by atoms with E-state index >= 15 is 0 Å². The van der Waals surface area contributed by atoms with Crippen LogP contribution in [0.2, 0.25) is 5.02 Å². The lowest BCUT2D eigenvalue weighted by Crippen LogP contribution is -2.18. The standard InChI is InChI=1S/C19H25ClO3/c1-2-3-4-5-6-7-8-17(21)16-13-18(22)23-19(16)14-9-11-15(20)12-10-14/h9-12,16,19H,2-8,13H2,1H3/t16-,19-/m0/s1. The SMILES string of the molecule is CCCCCCCCC(=O)[C@@H]1CC(=O)O[C@H]1c1ccc(Cl)cc1. The number of ketones is 1. The Labute approximate surface area is 143 Å². The number of halogens is 1. The average Bonchev–Trinajstić information content (AvgIpc) is 2.93. The van der Waals surface area contributed by atoms with Gasteiger partial charge in [0.1, 0.15) is 11.9 Å². The Balaban J connectivity index is 1.87. The van der Waals surface area contributed by atoms with Crippen LogP contribution < -0.4 is 0 Å². The zero-order valence-corrected chi connectivity index (χ0v) is 14.5. The van der Waals surface area contributed by atoms with Crippen molar-refractivity contribution in [1.82, 2.24) is 0 Å². The van der Waals surface area contributed by atoms with E-state index in [1.165, 1.54) is 25.7 Å². The molecule has 1 aromatic carbocycles. The van der Waals surface area contributed by atoms with Crippen LogP contribution in [0.4, 0.5) is 0 Å². The van der Waals surface area contributed by atoms with Crippen molar-refractivity contribution in [1.29, 1.82) is 0 Å². The van der Waals surface area contributed by atoms with Crippen LogP contribution in [0.25, 0.3) is 0 Å². The maximum absolute atomic E-state index is 12.5. The number of Topliss-reactive ketones (excluding diaryl/α,β-unsaturated/α-hetero) is 1. The van der Waals surface area contributed by atoms with Gasteiger partial charge in [-0.2, -0.15) is 0 Å². The van der Waals surface area contributed by atoms with E-state index in [1.807, 2.05) is 12.1 Å². The summed E-state index contributed by atoms with van der Waals surface area (Å²) in [6, 6.07) is 7.18. The Morgan fingerprint density at radius 3 is 2.48 bits per heavy atom. The molecule has 1 aromatic rings. The van der Waals surface area contributed by atoms with Crippen LogP contribution in [0, 0.1) is 5.92 Å². The number of hydrogen-bond donors (Lipinski definition) is 0. The number of carbonyl (C=O) groups is 2. The highest BCUT2D eigenvalue weighted by Gasteiger charge is 2.39. The van der Waals surface area contributed by atoms with Crippen LogP contribution in [0.5, 0.6) is 0 Å². The first-order valence-corrected chi connectivity index (χ1v) is 8.97. The maximum Gasteiger partial charge on any atom is 0.307 e. The summed E-state index contributed by atoms with van der Waals surface area (Å²) in [5.41, 5.74) is 0.849. The molecule has 0 saturated carbocycles. The Bertz CT molecular complexity index is 524. The third-order valence-electron chi connectivity index (χ3n) is 4.40. The predicted molar refractivity (Wildman–Crippen MR) is 91.4 cm³/mol. The van der Waals surface area contributed by atoms with Crippen LogP contribution in [-0.2, 0) is 14.3 Å². The second-order valence-corrected chi connectivity index (χ2v) is 6.69. The van der Waals surface area contributed by atoms with Crippen LogP contribution in [0.1, 0.15) is 70.0 Å². The minimum Gasteiger partial charge on any atom is -0.457 e. The van der Waals surface area contributed by atoms with Crippen molar-refractivity contribution in [3.8, 4) is 0 Å². The van der Waals surface area contributed by atoms with Crippen molar-refractivity contribution in [3.05, 3.63) is 34.9 Å². The van der Waals surface area contributed by atoms with E-state index < -0.39 is 6.10 Å². The predicted octanol–water partition coefficient (Wildman–Crippen LogP) is 5.26. The van der Waals surface area contributed by atoms with E-state index in [4.69, 9.17) is 16.3 Å². The lowest BCUT2D eigenvalue weighted by atomic mass is 9.89. The molecule has 0 aromatic heterocycles. The number of cyclic esters (lactones) is 1. The van der Waals surface area contributed by atoms with Gasteiger partial charge in [0.2, 0.25) is 0 Å². The number of ether oxygens (including phenoxy) is 1. The molecule has 1 saturated heterocycles. The summed E-state index contributed by atoms with van der Waals surface area (Å²) in [4.78, 5) is 24.1. The topological polar surface area (TPSA) is 43.4 Å². The van der Waals surface area contributed by atoms with Gasteiger partial charge in [0.15, 0.2) is 0 Å². The Hall–Kier alpha value is -1.35. The van der Waals surface area contributed by atoms with Crippen molar-refractivity contribution in [2.75, 3.05) is 0 Å². The Morgan fingerprint density at radius 2 is 1.78 bits per heavy atom. The molecular weight excluding hydrogens is 312 g/mol. The first-order chi connectivity index (χ1) is 11.1. The van der Waals surface area contributed by atoms with E-state index in [1.54, 1.807) is 12.1 Å². The molecule has 4 heteroatoms. The highest BCUT2D eigenvalue weighted by Crippen LogP contribution is 2.37. The van der Waals surface area contributed by atoms with E-state index in [2.05, 4.69) is 6.92 Å². The summed E-state index contributed by atoms with van der Waals surface area (Å²) in [5, 5.41) is 0.632. The van der Waals surface area contributed by atoms with Gasteiger partial charge < -0.3 is 4.74 Å². The smallest absolute Gasteiger partial charge is 0.307 e. The molecule has 1 heterocycles. The van der Waals surface area contributed by atoms with Crippen molar-refractivity contribution in [2.24, 2.45) is 5.92 Å². The number of hydrogen-bond acceptors (Lipinski definition) is 3. The van der Waals surface area contributed by atoms with E-state index in [-0.39, 0.29) is 24.1 Å². The molecule has 0 unspecified atom stereocenters. The second kappa shape index (κ2) is 9.07. The van der Waals surface area contributed by atoms with Crippen LogP contribution in [-0.4, -0.2) is 11.8 Å². The van der Waals surface area contributed by atoms with Gasteiger partial charge >= 0.3 is 5.97 Å². The molecule has 0 aliphatic carbocycles. The number of esters is 1. The highest BCUT2D eigenvalue weighted by molar-refractivity contribution is 6.30. The van der Waals surface area contributed by atoms with Gasteiger partial charge in [-0.15, -0.1) is 0 Å². The molecule has 1 fully saturated rings. The molecule has 3 nitrogen and oxygen atoms in total. The maximum atomic E-state index is 12.5. The molecule has 23 heavy (non-hydrogen) atoms. The van der Waals surface area contributed by atoms with Crippen molar-refractivity contribution >= 4 is 23.4 Å². The molecule has 0 N–H and O–H groups in total. The van der Waals surface area contributed by atoms with Gasteiger partial charge in [-0.25, -0.2) is 0 Å². The molecule has 1 aliphatic rings. The van der Waals surface area contributed by atoms with Crippen molar-refractivity contribution in [2.45, 2.75) is 64.4 Å². The lowest BCUT2D eigenvalue weighted by molar-refractivity contribution is -0.141. The molecule has 1 aliphatic heterocycles. The lowest BCUT2D eigenvalue weighted by Gasteiger charge is -2.17. The van der Waals surface area contributed by atoms with Gasteiger partial charge in [0.25, 0.3) is 0 Å². The quantitative estimate of drug-likeness (QED) is 0.456. The molecule has 0 bridgehead atoms. The van der Waals surface area contributed by atoms with Crippen LogP contribution in [0.3, 0.4) is 0 Å². The van der Waals surface area contributed by atoms with E-state index in [0.29, 0.717) is 11.4 Å². The molecule has 0 amide bonds. The minimum atomic E-state index is -0.452. The minimum absolute atomic E-state index is 0.145. The number of carbonyl (C=O) groups excluding carboxylic acids is 2. The zero-order valence-electron chi connectivity index (χ0n) is 13.7. The zero-order chi connectivity index (χ0) is 16.7. The number of unbranched alkanes of at least 4 members (excludes halogenated alkanes) is 5. The molecule has 2 rings (SSSR count). The van der Waals surface area contributed by atoms with Crippen LogP contribution in [0.15, 0.2) is 24.3 Å². The van der Waals surface area contributed by atoms with Gasteiger partial charge in [-0.05, 0) is 24.1 Å². The summed E-state index contributed by atoms with van der Waals surface area (Å²) < 4.78 is 5.38. The normalized spacial score (nSPS) is 20.5. The largest absolute Gasteiger partial charge is 0.457 e. The summed E-state index contributed by atoms with van der Waals surface area (Å²) in [5.74, 6) is -0.489. The van der Waals surface area contributed by atoms with Gasteiger partial charge in [0.05, 0.1) is 12.3 Å². The fourth-order valence-electron chi connectivity index (χ4n) is 3.06. The second-order valence-electron chi connectivity index (χ2n) is 6.26. The Kier molecular flexibility index (Phi) is 7.10. The third kappa shape index (κ3) is 5.35. The first kappa shape index (κ1) is 18.0. The molecule has 0 radical (unpaired) electrons.